The van der Waals surface area contributed by atoms with Crippen molar-refractivity contribution < 1.29 is 23.7 Å². The summed E-state index contributed by atoms with van der Waals surface area (Å²) < 4.78 is 21.7. The Morgan fingerprint density at radius 2 is 2.04 bits per heavy atom. The summed E-state index contributed by atoms with van der Waals surface area (Å²) in [7, 11) is 0. The minimum absolute atomic E-state index is 0.183. The van der Waals surface area contributed by atoms with E-state index >= 15 is 0 Å². The molecule has 6 nitrogen and oxygen atoms in total. The molecule has 0 aliphatic carbocycles. The van der Waals surface area contributed by atoms with Crippen LogP contribution in [0.15, 0.2) is 42.7 Å². The van der Waals surface area contributed by atoms with Gasteiger partial charge in [-0.2, -0.15) is 0 Å². The van der Waals surface area contributed by atoms with E-state index in [2.05, 4.69) is 4.98 Å². The van der Waals surface area contributed by atoms with Gasteiger partial charge in [0.15, 0.2) is 11.5 Å². The van der Waals surface area contributed by atoms with Crippen molar-refractivity contribution in [3.8, 4) is 17.2 Å². The molecule has 1 unspecified atom stereocenters. The summed E-state index contributed by atoms with van der Waals surface area (Å²) in [6, 6.07) is 9.08. The van der Waals surface area contributed by atoms with Gasteiger partial charge in [0.05, 0.1) is 12.1 Å². The van der Waals surface area contributed by atoms with Gasteiger partial charge in [-0.25, -0.2) is 0 Å². The minimum Gasteiger partial charge on any atom is -0.488 e. The van der Waals surface area contributed by atoms with Crippen molar-refractivity contribution >= 4 is 5.97 Å². The second kappa shape index (κ2) is 7.68. The van der Waals surface area contributed by atoms with Gasteiger partial charge < -0.3 is 18.9 Å². The lowest BCUT2D eigenvalue weighted by Gasteiger charge is -2.20. The topological polar surface area (TPSA) is 66.9 Å². The Morgan fingerprint density at radius 1 is 1.21 bits per heavy atom. The Kier molecular flexibility index (Phi) is 5.15. The molecule has 0 radical (unpaired) electrons. The maximum atomic E-state index is 12.2. The Morgan fingerprint density at radius 3 is 2.83 bits per heavy atom. The number of fused-ring (bicyclic) bond motifs is 1. The van der Waals surface area contributed by atoms with Crippen molar-refractivity contribution in [2.24, 2.45) is 0 Å². The molecule has 2 aromatic rings. The molecule has 0 N–H and O–H groups in total. The highest BCUT2D eigenvalue weighted by Crippen LogP contribution is 2.33. The number of benzene rings is 1. The SMILES string of the molecule is CC(C(=O)OCCOc1cccnc1)c1ccc2c(c1)OCCO2. The maximum Gasteiger partial charge on any atom is 0.313 e. The number of nitrogens with zero attached hydrogens (tertiary/aromatic N) is 1. The summed E-state index contributed by atoms with van der Waals surface area (Å²) in [6.07, 6.45) is 3.28. The van der Waals surface area contributed by atoms with Crippen LogP contribution in [0.25, 0.3) is 0 Å². The van der Waals surface area contributed by atoms with Gasteiger partial charge >= 0.3 is 5.97 Å². The first kappa shape index (κ1) is 16.1. The fourth-order valence-corrected chi connectivity index (χ4v) is 2.32. The quantitative estimate of drug-likeness (QED) is 0.599. The van der Waals surface area contributed by atoms with Crippen LogP contribution in [0.1, 0.15) is 18.4 Å². The van der Waals surface area contributed by atoms with Gasteiger partial charge in [-0.05, 0) is 36.8 Å². The molecule has 3 rings (SSSR count). The smallest absolute Gasteiger partial charge is 0.313 e. The van der Waals surface area contributed by atoms with E-state index in [0.29, 0.717) is 30.5 Å². The summed E-state index contributed by atoms with van der Waals surface area (Å²) in [4.78, 5) is 16.1. The molecule has 1 atom stereocenters. The van der Waals surface area contributed by atoms with Gasteiger partial charge in [0.25, 0.3) is 0 Å². The van der Waals surface area contributed by atoms with E-state index in [1.807, 2.05) is 18.2 Å². The highest BCUT2D eigenvalue weighted by atomic mass is 16.6. The van der Waals surface area contributed by atoms with Gasteiger partial charge in [0.1, 0.15) is 32.2 Å². The molecule has 126 valence electrons. The third-order valence-electron chi connectivity index (χ3n) is 3.65. The molecule has 0 saturated heterocycles. The Labute approximate surface area is 140 Å². The molecule has 1 aromatic heterocycles. The van der Waals surface area contributed by atoms with Crippen molar-refractivity contribution in [3.05, 3.63) is 48.3 Å². The first-order valence-electron chi connectivity index (χ1n) is 7.83. The fourth-order valence-electron chi connectivity index (χ4n) is 2.32. The van der Waals surface area contributed by atoms with Crippen molar-refractivity contribution in [2.45, 2.75) is 12.8 Å². The van der Waals surface area contributed by atoms with Crippen LogP contribution < -0.4 is 14.2 Å². The van der Waals surface area contributed by atoms with Gasteiger partial charge in [0, 0.05) is 6.20 Å². The monoisotopic (exact) mass is 329 g/mol. The highest BCUT2D eigenvalue weighted by molar-refractivity contribution is 5.78. The van der Waals surface area contributed by atoms with E-state index in [1.54, 1.807) is 31.5 Å². The first-order chi connectivity index (χ1) is 11.7. The molecule has 0 spiro atoms. The predicted octanol–water partition coefficient (Wildman–Crippen LogP) is 2.58. The number of hydrogen-bond donors (Lipinski definition) is 0. The van der Waals surface area contributed by atoms with Gasteiger partial charge in [-0.15, -0.1) is 0 Å². The van der Waals surface area contributed by atoms with Crippen LogP contribution in [0.3, 0.4) is 0 Å². The molecular weight excluding hydrogens is 310 g/mol. The Hall–Kier alpha value is -2.76. The van der Waals surface area contributed by atoms with Crippen LogP contribution in [0, 0.1) is 0 Å². The molecule has 1 aliphatic rings. The zero-order valence-electron chi connectivity index (χ0n) is 13.4. The maximum absolute atomic E-state index is 12.2. The van der Waals surface area contributed by atoms with Crippen molar-refractivity contribution in [1.29, 1.82) is 0 Å². The summed E-state index contributed by atoms with van der Waals surface area (Å²) in [5, 5.41) is 0. The average molecular weight is 329 g/mol. The van der Waals surface area contributed by atoms with E-state index in [0.717, 1.165) is 5.56 Å². The van der Waals surface area contributed by atoms with E-state index in [4.69, 9.17) is 18.9 Å². The van der Waals surface area contributed by atoms with Crippen LogP contribution in [0.5, 0.6) is 17.2 Å². The van der Waals surface area contributed by atoms with E-state index in [9.17, 15) is 4.79 Å². The molecule has 0 fully saturated rings. The lowest BCUT2D eigenvalue weighted by molar-refractivity contribution is -0.145. The standard InChI is InChI=1S/C18H19NO5/c1-13(14-4-5-16-17(11-14)23-9-8-22-16)18(20)24-10-7-21-15-3-2-6-19-12-15/h2-6,11-13H,7-10H2,1H3. The molecular formula is C18H19NO5. The van der Waals surface area contributed by atoms with E-state index in [1.165, 1.54) is 0 Å². The van der Waals surface area contributed by atoms with Crippen LogP contribution in [0.4, 0.5) is 0 Å². The summed E-state index contributed by atoms with van der Waals surface area (Å²) in [5.74, 6) is 1.32. The van der Waals surface area contributed by atoms with E-state index < -0.39 is 0 Å². The number of ether oxygens (including phenoxy) is 4. The number of esters is 1. The summed E-state index contributed by atoms with van der Waals surface area (Å²) >= 11 is 0. The molecule has 6 heteroatoms. The Bertz CT molecular complexity index is 689. The third kappa shape index (κ3) is 3.95. The van der Waals surface area contributed by atoms with Crippen molar-refractivity contribution in [3.63, 3.8) is 0 Å². The van der Waals surface area contributed by atoms with Crippen LogP contribution >= 0.6 is 0 Å². The lowest BCUT2D eigenvalue weighted by Crippen LogP contribution is -2.18. The van der Waals surface area contributed by atoms with Crippen molar-refractivity contribution in [1.82, 2.24) is 4.98 Å². The predicted molar refractivity (Wildman–Crippen MR) is 86.5 cm³/mol. The van der Waals surface area contributed by atoms with Gasteiger partial charge in [0.2, 0.25) is 0 Å². The first-order valence-corrected chi connectivity index (χ1v) is 7.83. The fraction of sp³-hybridized carbons (Fsp3) is 0.333. The van der Waals surface area contributed by atoms with Crippen molar-refractivity contribution in [2.75, 3.05) is 26.4 Å². The van der Waals surface area contributed by atoms with Crippen LogP contribution in [-0.2, 0) is 9.53 Å². The largest absolute Gasteiger partial charge is 0.488 e. The lowest BCUT2D eigenvalue weighted by atomic mass is 10.0. The van der Waals surface area contributed by atoms with Gasteiger partial charge in [-0.3, -0.25) is 9.78 Å². The molecule has 24 heavy (non-hydrogen) atoms. The number of carbonyl (C=O) groups is 1. The van der Waals surface area contributed by atoms with Crippen LogP contribution in [-0.4, -0.2) is 37.4 Å². The minimum atomic E-state index is -0.390. The number of rotatable bonds is 6. The highest BCUT2D eigenvalue weighted by Gasteiger charge is 2.20. The van der Waals surface area contributed by atoms with Crippen LogP contribution in [0.2, 0.25) is 0 Å². The van der Waals surface area contributed by atoms with E-state index in [-0.39, 0.29) is 25.1 Å². The molecule has 1 aromatic carbocycles. The molecule has 2 heterocycles. The summed E-state index contributed by atoms with van der Waals surface area (Å²) in [5.41, 5.74) is 0.831. The number of carbonyl (C=O) groups excluding carboxylic acids is 1. The normalized spacial score (nSPS) is 13.9. The Balaban J connectivity index is 1.49. The molecule has 0 bridgehead atoms. The molecule has 0 saturated carbocycles. The number of aromatic nitrogens is 1. The number of pyridine rings is 1. The average Bonchev–Trinajstić information content (AvgIpc) is 2.65. The second-order valence-corrected chi connectivity index (χ2v) is 5.33. The zero-order chi connectivity index (χ0) is 16.8. The molecule has 1 aliphatic heterocycles. The number of hydrogen-bond acceptors (Lipinski definition) is 6. The van der Waals surface area contributed by atoms with Gasteiger partial charge in [-0.1, -0.05) is 6.07 Å². The zero-order valence-corrected chi connectivity index (χ0v) is 13.4. The molecule has 0 amide bonds. The second-order valence-electron chi connectivity index (χ2n) is 5.33. The summed E-state index contributed by atoms with van der Waals surface area (Å²) in [6.45, 7) is 3.32. The third-order valence-corrected chi connectivity index (χ3v) is 3.65.